The SMILES string of the molecule is CCCCCCCNC(=O)Nc1ccc(C(C)C)cc1. The molecular weight excluding hydrogens is 248 g/mol. The molecule has 0 unspecified atom stereocenters. The van der Waals surface area contributed by atoms with E-state index in [9.17, 15) is 4.79 Å². The molecule has 2 amide bonds. The highest BCUT2D eigenvalue weighted by atomic mass is 16.2. The lowest BCUT2D eigenvalue weighted by atomic mass is 10.0. The Bertz CT molecular complexity index is 384. The Kier molecular flexibility index (Phi) is 7.78. The summed E-state index contributed by atoms with van der Waals surface area (Å²) in [5.41, 5.74) is 2.13. The fourth-order valence-corrected chi connectivity index (χ4v) is 2.06. The van der Waals surface area contributed by atoms with Gasteiger partial charge >= 0.3 is 6.03 Å². The van der Waals surface area contributed by atoms with Crippen LogP contribution in [0.25, 0.3) is 0 Å². The molecule has 3 heteroatoms. The highest BCUT2D eigenvalue weighted by Crippen LogP contribution is 2.16. The lowest BCUT2D eigenvalue weighted by Gasteiger charge is -2.09. The molecule has 20 heavy (non-hydrogen) atoms. The molecule has 0 atom stereocenters. The molecule has 1 aromatic rings. The summed E-state index contributed by atoms with van der Waals surface area (Å²) in [4.78, 5) is 11.7. The molecule has 2 N–H and O–H groups in total. The molecule has 3 nitrogen and oxygen atoms in total. The highest BCUT2D eigenvalue weighted by molar-refractivity contribution is 5.89. The van der Waals surface area contributed by atoms with Crippen LogP contribution in [0.5, 0.6) is 0 Å². The minimum atomic E-state index is -0.113. The Balaban J connectivity index is 2.21. The summed E-state index contributed by atoms with van der Waals surface area (Å²) in [6, 6.07) is 7.92. The number of anilines is 1. The summed E-state index contributed by atoms with van der Waals surface area (Å²) in [5.74, 6) is 0.515. The van der Waals surface area contributed by atoms with E-state index in [0.29, 0.717) is 5.92 Å². The predicted octanol–water partition coefficient (Wildman–Crippen LogP) is 4.90. The summed E-state index contributed by atoms with van der Waals surface area (Å²) in [6.45, 7) is 7.28. The molecule has 0 saturated carbocycles. The maximum atomic E-state index is 11.7. The molecule has 1 rings (SSSR count). The van der Waals surface area contributed by atoms with Crippen molar-refractivity contribution in [1.82, 2.24) is 5.32 Å². The van der Waals surface area contributed by atoms with Gasteiger partial charge in [-0.1, -0.05) is 58.6 Å². The number of hydrogen-bond donors (Lipinski definition) is 2. The van der Waals surface area contributed by atoms with Gasteiger partial charge in [-0.25, -0.2) is 4.79 Å². The lowest BCUT2D eigenvalue weighted by molar-refractivity contribution is 0.252. The van der Waals surface area contributed by atoms with Crippen LogP contribution in [0.15, 0.2) is 24.3 Å². The Labute approximate surface area is 123 Å². The number of nitrogens with one attached hydrogen (secondary N) is 2. The van der Waals surface area contributed by atoms with Gasteiger partial charge in [-0.15, -0.1) is 0 Å². The maximum absolute atomic E-state index is 11.7. The van der Waals surface area contributed by atoms with Gasteiger partial charge in [0.05, 0.1) is 0 Å². The summed E-state index contributed by atoms with van der Waals surface area (Å²) < 4.78 is 0. The lowest BCUT2D eigenvalue weighted by Crippen LogP contribution is -2.29. The fourth-order valence-electron chi connectivity index (χ4n) is 2.06. The van der Waals surface area contributed by atoms with Crippen LogP contribution in [0.2, 0.25) is 0 Å². The van der Waals surface area contributed by atoms with Crippen molar-refractivity contribution < 1.29 is 4.79 Å². The first-order chi connectivity index (χ1) is 9.63. The van der Waals surface area contributed by atoms with Crippen LogP contribution < -0.4 is 10.6 Å². The second kappa shape index (κ2) is 9.40. The highest BCUT2D eigenvalue weighted by Gasteiger charge is 2.02. The minimum absolute atomic E-state index is 0.113. The van der Waals surface area contributed by atoms with Gasteiger partial charge in [0.25, 0.3) is 0 Å². The average molecular weight is 276 g/mol. The summed E-state index contributed by atoms with van der Waals surface area (Å²) >= 11 is 0. The second-order valence-corrected chi connectivity index (χ2v) is 5.57. The monoisotopic (exact) mass is 276 g/mol. The van der Waals surface area contributed by atoms with Crippen molar-refractivity contribution in [2.75, 3.05) is 11.9 Å². The number of rotatable bonds is 8. The third-order valence-corrected chi connectivity index (χ3v) is 3.40. The van der Waals surface area contributed by atoms with Crippen LogP contribution in [0.1, 0.15) is 64.4 Å². The molecule has 0 aliphatic rings. The van der Waals surface area contributed by atoms with Crippen LogP contribution in [0.4, 0.5) is 10.5 Å². The van der Waals surface area contributed by atoms with E-state index in [1.807, 2.05) is 12.1 Å². The van der Waals surface area contributed by atoms with Crippen molar-refractivity contribution in [1.29, 1.82) is 0 Å². The smallest absolute Gasteiger partial charge is 0.319 e. The van der Waals surface area contributed by atoms with E-state index < -0.39 is 0 Å². The predicted molar refractivity (Wildman–Crippen MR) is 86.3 cm³/mol. The van der Waals surface area contributed by atoms with Crippen molar-refractivity contribution in [2.45, 2.75) is 58.8 Å². The largest absolute Gasteiger partial charge is 0.338 e. The summed E-state index contributed by atoms with van der Waals surface area (Å²) in [6.07, 6.45) is 6.04. The number of carbonyl (C=O) groups is 1. The molecule has 0 aliphatic heterocycles. The molecule has 0 bridgehead atoms. The van der Waals surface area contributed by atoms with Gasteiger partial charge in [-0.2, -0.15) is 0 Å². The van der Waals surface area contributed by atoms with Crippen LogP contribution in [-0.4, -0.2) is 12.6 Å². The Morgan fingerprint density at radius 2 is 1.70 bits per heavy atom. The number of carbonyl (C=O) groups excluding carboxylic acids is 1. The van der Waals surface area contributed by atoms with Gasteiger partial charge < -0.3 is 10.6 Å². The van der Waals surface area contributed by atoms with Crippen molar-refractivity contribution in [2.24, 2.45) is 0 Å². The molecular formula is C17H28N2O. The fraction of sp³-hybridized carbons (Fsp3) is 0.588. The first-order valence-electron chi connectivity index (χ1n) is 7.78. The van der Waals surface area contributed by atoms with Crippen LogP contribution in [0.3, 0.4) is 0 Å². The molecule has 0 saturated heterocycles. The number of amides is 2. The van der Waals surface area contributed by atoms with E-state index in [1.165, 1.54) is 31.2 Å². The van der Waals surface area contributed by atoms with E-state index in [-0.39, 0.29) is 6.03 Å². The zero-order valence-electron chi connectivity index (χ0n) is 13.0. The zero-order chi connectivity index (χ0) is 14.8. The van der Waals surface area contributed by atoms with Crippen molar-refractivity contribution >= 4 is 11.7 Å². The normalized spacial score (nSPS) is 10.6. The second-order valence-electron chi connectivity index (χ2n) is 5.57. The van der Waals surface area contributed by atoms with Crippen molar-refractivity contribution in [3.63, 3.8) is 0 Å². The van der Waals surface area contributed by atoms with Crippen LogP contribution in [0, 0.1) is 0 Å². The third-order valence-electron chi connectivity index (χ3n) is 3.40. The van der Waals surface area contributed by atoms with Gasteiger partial charge in [0.15, 0.2) is 0 Å². The van der Waals surface area contributed by atoms with Crippen LogP contribution in [-0.2, 0) is 0 Å². The van der Waals surface area contributed by atoms with E-state index in [1.54, 1.807) is 0 Å². The minimum Gasteiger partial charge on any atom is -0.338 e. The van der Waals surface area contributed by atoms with Gasteiger partial charge in [0.1, 0.15) is 0 Å². The van der Waals surface area contributed by atoms with E-state index >= 15 is 0 Å². The van der Waals surface area contributed by atoms with Gasteiger partial charge in [0, 0.05) is 12.2 Å². The average Bonchev–Trinajstić information content (AvgIpc) is 2.43. The van der Waals surface area contributed by atoms with Gasteiger partial charge in [-0.3, -0.25) is 0 Å². The zero-order valence-corrected chi connectivity index (χ0v) is 13.0. The van der Waals surface area contributed by atoms with Gasteiger partial charge in [-0.05, 0) is 30.0 Å². The molecule has 0 aliphatic carbocycles. The molecule has 0 heterocycles. The molecule has 1 aromatic carbocycles. The topological polar surface area (TPSA) is 41.1 Å². The summed E-state index contributed by atoms with van der Waals surface area (Å²) in [7, 11) is 0. The van der Waals surface area contributed by atoms with E-state index in [0.717, 1.165) is 18.7 Å². The first kappa shape index (κ1) is 16.5. The molecule has 0 radical (unpaired) electrons. The number of benzene rings is 1. The van der Waals surface area contributed by atoms with Crippen molar-refractivity contribution in [3.8, 4) is 0 Å². The molecule has 0 fully saturated rings. The Hall–Kier alpha value is -1.51. The molecule has 0 spiro atoms. The third kappa shape index (κ3) is 6.60. The molecule has 0 aromatic heterocycles. The number of urea groups is 1. The van der Waals surface area contributed by atoms with Crippen molar-refractivity contribution in [3.05, 3.63) is 29.8 Å². The van der Waals surface area contributed by atoms with E-state index in [2.05, 4.69) is 43.5 Å². The Morgan fingerprint density at radius 3 is 2.30 bits per heavy atom. The quantitative estimate of drug-likeness (QED) is 0.651. The summed E-state index contributed by atoms with van der Waals surface area (Å²) in [5, 5.41) is 5.76. The number of unbranched alkanes of at least 4 members (excludes halogenated alkanes) is 4. The molecule has 112 valence electrons. The van der Waals surface area contributed by atoms with E-state index in [4.69, 9.17) is 0 Å². The standard InChI is InChI=1S/C17H28N2O/c1-4-5-6-7-8-13-18-17(20)19-16-11-9-15(10-12-16)14(2)3/h9-12,14H,4-8,13H2,1-3H3,(H2,18,19,20). The van der Waals surface area contributed by atoms with Crippen LogP contribution >= 0.6 is 0 Å². The van der Waals surface area contributed by atoms with Gasteiger partial charge in [0.2, 0.25) is 0 Å². The first-order valence-corrected chi connectivity index (χ1v) is 7.78. The number of hydrogen-bond acceptors (Lipinski definition) is 1. The Morgan fingerprint density at radius 1 is 1.05 bits per heavy atom. The maximum Gasteiger partial charge on any atom is 0.319 e.